The van der Waals surface area contributed by atoms with Gasteiger partial charge in [-0.1, -0.05) is 0 Å². The van der Waals surface area contributed by atoms with E-state index < -0.39 is 11.7 Å². The lowest BCUT2D eigenvalue weighted by atomic mass is 10.1. The van der Waals surface area contributed by atoms with E-state index in [-0.39, 0.29) is 16.7 Å². The molecule has 0 atom stereocenters. The van der Waals surface area contributed by atoms with Crippen LogP contribution in [0.3, 0.4) is 0 Å². The van der Waals surface area contributed by atoms with E-state index in [1.165, 1.54) is 6.07 Å². The van der Waals surface area contributed by atoms with Gasteiger partial charge in [0.1, 0.15) is 12.0 Å². The third kappa shape index (κ3) is 1.47. The molecule has 0 saturated carbocycles. The van der Waals surface area contributed by atoms with Crippen molar-refractivity contribution in [1.82, 2.24) is 15.0 Å². The number of benzene rings is 1. The number of hydrogen-bond acceptors (Lipinski definition) is 3. The van der Waals surface area contributed by atoms with Gasteiger partial charge >= 0.3 is 6.18 Å². The van der Waals surface area contributed by atoms with Gasteiger partial charge in [0.05, 0.1) is 10.9 Å². The average Bonchev–Trinajstić information content (AvgIpc) is 2.66. The number of nitrogens with zero attached hydrogens (tertiary/aromatic N) is 2. The van der Waals surface area contributed by atoms with Gasteiger partial charge < -0.3 is 10.1 Å². The van der Waals surface area contributed by atoms with Crippen LogP contribution in [0.15, 0.2) is 24.5 Å². The lowest BCUT2D eigenvalue weighted by Gasteiger charge is -2.05. The van der Waals surface area contributed by atoms with Crippen molar-refractivity contribution in [3.05, 3.63) is 30.1 Å². The van der Waals surface area contributed by atoms with E-state index in [0.29, 0.717) is 11.2 Å². The van der Waals surface area contributed by atoms with E-state index in [1.54, 1.807) is 0 Å². The summed E-state index contributed by atoms with van der Waals surface area (Å²) < 4.78 is 37.9. The van der Waals surface area contributed by atoms with Gasteiger partial charge in [0, 0.05) is 10.9 Å². The summed E-state index contributed by atoms with van der Waals surface area (Å²) >= 11 is 0. The Hall–Kier alpha value is -2.31. The Morgan fingerprint density at radius 2 is 1.94 bits per heavy atom. The molecule has 2 aromatic heterocycles. The first kappa shape index (κ1) is 10.8. The van der Waals surface area contributed by atoms with Crippen molar-refractivity contribution in [3.63, 3.8) is 0 Å². The molecule has 18 heavy (non-hydrogen) atoms. The Morgan fingerprint density at radius 3 is 2.67 bits per heavy atom. The van der Waals surface area contributed by atoms with Gasteiger partial charge in [-0.25, -0.2) is 9.97 Å². The fourth-order valence-electron chi connectivity index (χ4n) is 1.88. The van der Waals surface area contributed by atoms with Crippen LogP contribution in [-0.4, -0.2) is 20.1 Å². The predicted molar refractivity (Wildman–Crippen MR) is 58.1 cm³/mol. The number of aromatic hydroxyl groups is 1. The maximum Gasteiger partial charge on any atom is 0.416 e. The normalized spacial score (nSPS) is 12.4. The number of hydrogen-bond donors (Lipinski definition) is 2. The Labute approximate surface area is 98.1 Å². The largest absolute Gasteiger partial charge is 0.493 e. The first-order chi connectivity index (χ1) is 8.47. The van der Waals surface area contributed by atoms with Crippen LogP contribution in [0.25, 0.3) is 21.9 Å². The van der Waals surface area contributed by atoms with E-state index >= 15 is 0 Å². The maximum absolute atomic E-state index is 12.6. The molecule has 0 amide bonds. The fraction of sp³-hybridized carbons (Fsp3) is 0.0909. The van der Waals surface area contributed by atoms with Crippen molar-refractivity contribution in [2.24, 2.45) is 0 Å². The van der Waals surface area contributed by atoms with E-state index in [0.717, 1.165) is 18.5 Å². The van der Waals surface area contributed by atoms with E-state index in [1.807, 2.05) is 0 Å². The Kier molecular flexibility index (Phi) is 2.01. The highest BCUT2D eigenvalue weighted by molar-refractivity contribution is 6.08. The van der Waals surface area contributed by atoms with Gasteiger partial charge in [0.2, 0.25) is 5.88 Å². The Balaban J connectivity index is 2.42. The number of aromatic nitrogens is 3. The predicted octanol–water partition coefficient (Wildman–Crippen LogP) is 2.84. The van der Waals surface area contributed by atoms with Crippen LogP contribution in [0.1, 0.15) is 5.56 Å². The number of nitrogens with one attached hydrogen (secondary N) is 1. The lowest BCUT2D eigenvalue weighted by Crippen LogP contribution is -2.03. The topological polar surface area (TPSA) is 61.8 Å². The highest BCUT2D eigenvalue weighted by Gasteiger charge is 2.31. The quantitative estimate of drug-likeness (QED) is 0.647. The summed E-state index contributed by atoms with van der Waals surface area (Å²) in [5.74, 6) is -0.342. The molecule has 0 spiro atoms. The monoisotopic (exact) mass is 253 g/mol. The molecule has 0 aliphatic rings. The van der Waals surface area contributed by atoms with Crippen molar-refractivity contribution in [2.45, 2.75) is 6.18 Å². The third-order valence-corrected chi connectivity index (χ3v) is 2.70. The molecule has 0 fully saturated rings. The first-order valence-corrected chi connectivity index (χ1v) is 4.99. The zero-order valence-electron chi connectivity index (χ0n) is 8.78. The minimum Gasteiger partial charge on any atom is -0.493 e. The summed E-state index contributed by atoms with van der Waals surface area (Å²) in [5, 5.41) is 10.0. The second-order valence-electron chi connectivity index (χ2n) is 3.80. The molecule has 3 rings (SSSR count). The highest BCUT2D eigenvalue weighted by atomic mass is 19.4. The molecule has 0 saturated heterocycles. The average molecular weight is 253 g/mol. The van der Waals surface area contributed by atoms with Crippen molar-refractivity contribution in [3.8, 4) is 5.88 Å². The number of halogens is 3. The minimum atomic E-state index is -4.43. The molecule has 0 radical (unpaired) electrons. The summed E-state index contributed by atoms with van der Waals surface area (Å²) in [6.07, 6.45) is -3.29. The van der Waals surface area contributed by atoms with Crippen LogP contribution in [0, 0.1) is 0 Å². The smallest absolute Gasteiger partial charge is 0.416 e. The lowest BCUT2D eigenvalue weighted by molar-refractivity contribution is -0.137. The Bertz CT molecular complexity index is 748. The van der Waals surface area contributed by atoms with Crippen molar-refractivity contribution in [2.75, 3.05) is 0 Å². The molecule has 0 aliphatic heterocycles. The van der Waals surface area contributed by atoms with Crippen LogP contribution >= 0.6 is 0 Å². The number of fused-ring (bicyclic) bond motifs is 3. The Morgan fingerprint density at radius 1 is 1.17 bits per heavy atom. The van der Waals surface area contributed by atoms with Gasteiger partial charge in [-0.15, -0.1) is 0 Å². The second-order valence-corrected chi connectivity index (χ2v) is 3.80. The molecule has 3 aromatic rings. The van der Waals surface area contributed by atoms with Crippen LogP contribution in [0.5, 0.6) is 5.88 Å². The molecule has 4 nitrogen and oxygen atoms in total. The fourth-order valence-corrected chi connectivity index (χ4v) is 1.88. The van der Waals surface area contributed by atoms with Crippen molar-refractivity contribution in [1.29, 1.82) is 0 Å². The molecular formula is C11H6F3N3O. The van der Waals surface area contributed by atoms with Crippen LogP contribution in [0.2, 0.25) is 0 Å². The minimum absolute atomic E-state index is 0.193. The zero-order chi connectivity index (χ0) is 12.9. The SMILES string of the molecule is Oc1ncnc2[nH]c3ccc(C(F)(F)F)cc3c12. The zero-order valence-corrected chi connectivity index (χ0v) is 8.78. The molecule has 2 N–H and O–H groups in total. The van der Waals surface area contributed by atoms with Gasteiger partial charge in [0.15, 0.2) is 0 Å². The van der Waals surface area contributed by atoms with E-state index in [2.05, 4.69) is 15.0 Å². The van der Waals surface area contributed by atoms with Gasteiger partial charge in [-0.2, -0.15) is 13.2 Å². The summed E-state index contributed by atoms with van der Waals surface area (Å²) in [5.41, 5.74) is -0.00947. The van der Waals surface area contributed by atoms with E-state index in [9.17, 15) is 18.3 Å². The number of H-pyrrole nitrogens is 1. The van der Waals surface area contributed by atoms with Crippen LogP contribution in [-0.2, 0) is 6.18 Å². The van der Waals surface area contributed by atoms with Crippen LogP contribution in [0.4, 0.5) is 13.2 Å². The summed E-state index contributed by atoms with van der Waals surface area (Å²) in [6, 6.07) is 3.25. The number of rotatable bonds is 0. The molecule has 1 aromatic carbocycles. The molecule has 92 valence electrons. The second kappa shape index (κ2) is 3.34. The summed E-state index contributed by atoms with van der Waals surface area (Å²) in [6.45, 7) is 0. The van der Waals surface area contributed by atoms with Gasteiger partial charge in [-0.05, 0) is 18.2 Å². The number of aromatic amines is 1. The number of alkyl halides is 3. The third-order valence-electron chi connectivity index (χ3n) is 2.70. The summed E-state index contributed by atoms with van der Waals surface area (Å²) in [4.78, 5) is 10.2. The van der Waals surface area contributed by atoms with Crippen LogP contribution < -0.4 is 0 Å². The van der Waals surface area contributed by atoms with E-state index in [4.69, 9.17) is 0 Å². The molecular weight excluding hydrogens is 247 g/mol. The summed E-state index contributed by atoms with van der Waals surface area (Å²) in [7, 11) is 0. The molecule has 7 heteroatoms. The first-order valence-electron chi connectivity index (χ1n) is 4.99. The molecule has 0 unspecified atom stereocenters. The maximum atomic E-state index is 12.6. The van der Waals surface area contributed by atoms with Crippen molar-refractivity contribution < 1.29 is 18.3 Å². The highest BCUT2D eigenvalue weighted by Crippen LogP contribution is 2.35. The van der Waals surface area contributed by atoms with Crippen molar-refractivity contribution >= 4 is 21.9 Å². The molecule has 0 bridgehead atoms. The molecule has 0 aliphatic carbocycles. The van der Waals surface area contributed by atoms with Gasteiger partial charge in [0.25, 0.3) is 0 Å². The molecule has 2 heterocycles. The standard InChI is InChI=1S/C11H6F3N3O/c12-11(13,14)5-1-2-7-6(3-5)8-9(17-7)15-4-16-10(8)18/h1-4H,(H2,15,16,17,18). The van der Waals surface area contributed by atoms with Gasteiger partial charge in [-0.3, -0.25) is 0 Å².